The van der Waals surface area contributed by atoms with Crippen LogP contribution in [0, 0.1) is 10.1 Å². The molecule has 0 saturated heterocycles. The van der Waals surface area contributed by atoms with E-state index in [-0.39, 0.29) is 11.4 Å². The van der Waals surface area contributed by atoms with E-state index >= 15 is 0 Å². The van der Waals surface area contributed by atoms with Gasteiger partial charge in [0.15, 0.2) is 0 Å². The smallest absolute Gasteiger partial charge is 0.315 e. The third-order valence-electron chi connectivity index (χ3n) is 6.72. The number of ether oxygens (including phenoxy) is 2. The fourth-order valence-electron chi connectivity index (χ4n) is 5.03. The van der Waals surface area contributed by atoms with Gasteiger partial charge in [0.2, 0.25) is 11.5 Å². The van der Waals surface area contributed by atoms with Gasteiger partial charge in [-0.25, -0.2) is 0 Å². The fourth-order valence-corrected chi connectivity index (χ4v) is 5.62. The number of hydrogen-bond acceptors (Lipinski definition) is 5. The number of fused-ring (bicyclic) bond motifs is 2. The van der Waals surface area contributed by atoms with Gasteiger partial charge in [0.05, 0.1) is 28.0 Å². The summed E-state index contributed by atoms with van der Waals surface area (Å²) in [5.74, 6) is 0.598. The summed E-state index contributed by atoms with van der Waals surface area (Å²) in [6, 6.07) is 19.7. The molecule has 3 aromatic carbocycles. The molecule has 6 nitrogen and oxygen atoms in total. The summed E-state index contributed by atoms with van der Waals surface area (Å²) >= 11 is 3.53. The first-order chi connectivity index (χ1) is 15.3. The lowest BCUT2D eigenvalue weighted by molar-refractivity contribution is -0.386. The maximum absolute atomic E-state index is 12.0. The molecule has 0 aliphatic carbocycles. The van der Waals surface area contributed by atoms with E-state index in [1.807, 2.05) is 49.5 Å². The summed E-state index contributed by atoms with van der Waals surface area (Å²) in [7, 11) is 3.45. The van der Waals surface area contributed by atoms with E-state index in [0.29, 0.717) is 15.8 Å². The second-order valence-electron chi connectivity index (χ2n) is 8.11. The fraction of sp³-hybridized carbons (Fsp3) is 0.200. The monoisotopic (exact) mass is 492 g/mol. The Balaban J connectivity index is 1.81. The molecule has 0 N–H and O–H groups in total. The van der Waals surface area contributed by atoms with Gasteiger partial charge in [-0.1, -0.05) is 48.5 Å². The van der Waals surface area contributed by atoms with Crippen molar-refractivity contribution in [3.63, 3.8) is 0 Å². The van der Waals surface area contributed by atoms with Crippen molar-refractivity contribution in [2.45, 2.75) is 18.1 Å². The highest BCUT2D eigenvalue weighted by atomic mass is 79.9. The molecule has 2 heterocycles. The Bertz CT molecular complexity index is 1280. The van der Waals surface area contributed by atoms with Crippen LogP contribution < -0.4 is 14.4 Å². The first-order valence-electron chi connectivity index (χ1n) is 10.2. The van der Waals surface area contributed by atoms with Crippen LogP contribution in [-0.4, -0.2) is 24.8 Å². The topological polar surface area (TPSA) is 64.8 Å². The largest absolute Gasteiger partial charge is 0.495 e. The number of hydrogen-bond donors (Lipinski definition) is 0. The summed E-state index contributed by atoms with van der Waals surface area (Å²) < 4.78 is 12.7. The molecule has 2 aliphatic rings. The minimum Gasteiger partial charge on any atom is -0.495 e. The zero-order valence-corrected chi connectivity index (χ0v) is 19.4. The molecule has 0 amide bonds. The van der Waals surface area contributed by atoms with Crippen LogP contribution >= 0.6 is 15.9 Å². The number of para-hydroxylation sites is 1. The van der Waals surface area contributed by atoms with Gasteiger partial charge in [-0.15, -0.1) is 0 Å². The number of nitro groups is 1. The molecule has 0 saturated carbocycles. The molecule has 0 bridgehead atoms. The normalized spacial score (nSPS) is 22.9. The number of rotatable bonds is 3. The molecule has 0 fully saturated rings. The van der Waals surface area contributed by atoms with Crippen molar-refractivity contribution >= 4 is 33.4 Å². The van der Waals surface area contributed by atoms with Crippen LogP contribution in [0.15, 0.2) is 71.2 Å². The van der Waals surface area contributed by atoms with Gasteiger partial charge in [-0.2, -0.15) is 0 Å². The number of halogens is 1. The van der Waals surface area contributed by atoms with Gasteiger partial charge >= 0.3 is 5.69 Å². The molecule has 1 spiro atoms. The van der Waals surface area contributed by atoms with Gasteiger partial charge in [-0.05, 0) is 52.2 Å². The van der Waals surface area contributed by atoms with E-state index in [9.17, 15) is 10.1 Å². The lowest BCUT2D eigenvalue weighted by Crippen LogP contribution is -2.59. The van der Waals surface area contributed by atoms with Crippen LogP contribution in [-0.2, 0) is 5.41 Å². The summed E-state index contributed by atoms with van der Waals surface area (Å²) in [5, 5.41) is 12.0. The molecule has 7 heteroatoms. The standard InChI is InChI=1S/C25H21BrN2O4/c1-24(16-9-5-4-6-10-16)18-11-7-8-12-19(18)27(2)25(24)14-13-17-22(26)21(31-3)15-20(28(29)30)23(17)32-25/h4-15H,1-3H3. The highest BCUT2D eigenvalue weighted by Crippen LogP contribution is 2.59. The van der Waals surface area contributed by atoms with Crippen LogP contribution in [0.3, 0.4) is 0 Å². The van der Waals surface area contributed by atoms with Crippen LogP contribution in [0.2, 0.25) is 0 Å². The first kappa shape index (κ1) is 20.6. The van der Waals surface area contributed by atoms with E-state index in [1.165, 1.54) is 13.2 Å². The molecule has 0 radical (unpaired) electrons. The van der Waals surface area contributed by atoms with E-state index in [4.69, 9.17) is 9.47 Å². The van der Waals surface area contributed by atoms with Gasteiger partial charge in [0, 0.05) is 18.3 Å². The zero-order chi connectivity index (χ0) is 22.7. The SMILES string of the molecule is COc1cc([N+](=O)[O-])c2c(c1Br)C=CC1(O2)N(C)c2ccccc2C1(C)c1ccccc1. The molecule has 5 rings (SSSR count). The Hall–Kier alpha value is -3.32. The molecule has 0 aromatic heterocycles. The van der Waals surface area contributed by atoms with Crippen LogP contribution in [0.25, 0.3) is 6.08 Å². The molecule has 32 heavy (non-hydrogen) atoms. The molecule has 3 aromatic rings. The van der Waals surface area contributed by atoms with Crippen LogP contribution in [0.1, 0.15) is 23.6 Å². The van der Waals surface area contributed by atoms with Crippen molar-refractivity contribution in [2.75, 3.05) is 19.1 Å². The quantitative estimate of drug-likeness (QED) is 0.335. The minimum atomic E-state index is -1.01. The number of methoxy groups -OCH3 is 1. The second-order valence-corrected chi connectivity index (χ2v) is 8.90. The lowest BCUT2D eigenvalue weighted by atomic mass is 9.69. The molecule has 2 unspecified atom stereocenters. The van der Waals surface area contributed by atoms with Gasteiger partial charge < -0.3 is 14.4 Å². The Kier molecular flexibility index (Phi) is 4.57. The summed E-state index contributed by atoms with van der Waals surface area (Å²) in [6.07, 6.45) is 3.89. The summed E-state index contributed by atoms with van der Waals surface area (Å²) in [4.78, 5) is 13.6. The van der Waals surface area contributed by atoms with E-state index < -0.39 is 16.1 Å². The molecular formula is C25H21BrN2O4. The molecular weight excluding hydrogens is 472 g/mol. The van der Waals surface area contributed by atoms with Crippen molar-refractivity contribution in [3.05, 3.63) is 98.0 Å². The first-order valence-corrected chi connectivity index (χ1v) is 11.0. The van der Waals surface area contributed by atoms with Gasteiger partial charge in [0.25, 0.3) is 0 Å². The van der Waals surface area contributed by atoms with Crippen LogP contribution in [0.5, 0.6) is 11.5 Å². The number of nitro benzene ring substituents is 1. The number of likely N-dealkylation sites (N-methyl/N-ethyl adjacent to an activating group) is 1. The van der Waals surface area contributed by atoms with E-state index in [2.05, 4.69) is 52.0 Å². The average Bonchev–Trinajstić information content (AvgIpc) is 3.00. The van der Waals surface area contributed by atoms with Crippen LogP contribution in [0.4, 0.5) is 11.4 Å². The minimum absolute atomic E-state index is 0.136. The molecule has 2 aliphatic heterocycles. The van der Waals surface area contributed by atoms with E-state index in [0.717, 1.165) is 16.8 Å². The predicted molar refractivity (Wildman–Crippen MR) is 127 cm³/mol. The maximum atomic E-state index is 12.0. The lowest BCUT2D eigenvalue weighted by Gasteiger charge is -2.47. The van der Waals surface area contributed by atoms with Crippen molar-refractivity contribution in [1.82, 2.24) is 0 Å². The Morgan fingerprint density at radius 2 is 1.81 bits per heavy atom. The van der Waals surface area contributed by atoms with Crippen molar-refractivity contribution in [3.8, 4) is 11.5 Å². The summed E-state index contributed by atoms with van der Waals surface area (Å²) in [6.45, 7) is 2.13. The Labute approximate surface area is 194 Å². The number of nitrogens with zero attached hydrogens (tertiary/aromatic N) is 2. The highest BCUT2D eigenvalue weighted by molar-refractivity contribution is 9.10. The Morgan fingerprint density at radius 1 is 1.12 bits per heavy atom. The number of anilines is 1. The van der Waals surface area contributed by atoms with E-state index in [1.54, 1.807) is 0 Å². The van der Waals surface area contributed by atoms with Gasteiger partial charge in [-0.3, -0.25) is 10.1 Å². The van der Waals surface area contributed by atoms with Crippen molar-refractivity contribution in [1.29, 1.82) is 0 Å². The number of benzene rings is 3. The summed E-state index contributed by atoms with van der Waals surface area (Å²) in [5.41, 5.74) is 1.97. The van der Waals surface area contributed by atoms with Crippen molar-refractivity contribution < 1.29 is 14.4 Å². The Morgan fingerprint density at radius 3 is 2.50 bits per heavy atom. The average molecular weight is 493 g/mol. The van der Waals surface area contributed by atoms with Gasteiger partial charge in [0.1, 0.15) is 5.75 Å². The maximum Gasteiger partial charge on any atom is 0.315 e. The third-order valence-corrected chi connectivity index (χ3v) is 7.54. The molecule has 2 atom stereocenters. The highest BCUT2D eigenvalue weighted by Gasteiger charge is 2.61. The molecule has 162 valence electrons. The second kappa shape index (κ2) is 7.10. The van der Waals surface area contributed by atoms with Crippen molar-refractivity contribution in [2.24, 2.45) is 0 Å². The zero-order valence-electron chi connectivity index (χ0n) is 17.8. The third kappa shape index (κ3) is 2.51. The predicted octanol–water partition coefficient (Wildman–Crippen LogP) is 5.92.